The van der Waals surface area contributed by atoms with Crippen LogP contribution in [0.1, 0.15) is 25.2 Å². The second kappa shape index (κ2) is 5.50. The predicted molar refractivity (Wildman–Crippen MR) is 75.5 cm³/mol. The number of hydrogen-bond donors (Lipinski definition) is 0. The molecule has 0 radical (unpaired) electrons. The Labute approximate surface area is 125 Å². The first kappa shape index (κ1) is 16.1. The summed E-state index contributed by atoms with van der Waals surface area (Å²) in [6.07, 6.45) is -4.39. The van der Waals surface area contributed by atoms with Crippen LogP contribution in [0.2, 0.25) is 0 Å². The van der Waals surface area contributed by atoms with Gasteiger partial charge in [0, 0.05) is 7.11 Å². The van der Waals surface area contributed by atoms with E-state index in [-0.39, 0.29) is 11.4 Å². The fourth-order valence-electron chi connectivity index (χ4n) is 2.49. The van der Waals surface area contributed by atoms with E-state index in [4.69, 9.17) is 16.3 Å². The largest absolute Gasteiger partial charge is 0.416 e. The summed E-state index contributed by atoms with van der Waals surface area (Å²) in [4.78, 5) is 4.23. The van der Waals surface area contributed by atoms with E-state index >= 15 is 0 Å². The molecular weight excluding hydrogens is 305 g/mol. The van der Waals surface area contributed by atoms with Crippen LogP contribution in [0.15, 0.2) is 18.2 Å². The number of aromatic nitrogens is 2. The van der Waals surface area contributed by atoms with Gasteiger partial charge in [-0.3, -0.25) is 0 Å². The van der Waals surface area contributed by atoms with E-state index in [0.29, 0.717) is 17.9 Å². The molecule has 0 atom stereocenters. The van der Waals surface area contributed by atoms with Crippen LogP contribution in [0.25, 0.3) is 11.0 Å². The zero-order chi connectivity index (χ0) is 15.8. The number of benzene rings is 1. The molecule has 7 heteroatoms. The highest BCUT2D eigenvalue weighted by Gasteiger charge is 2.32. The summed E-state index contributed by atoms with van der Waals surface area (Å²) in [5.41, 5.74) is -0.288. The lowest BCUT2D eigenvalue weighted by Gasteiger charge is -2.28. The highest BCUT2D eigenvalue weighted by molar-refractivity contribution is 6.16. The lowest BCUT2D eigenvalue weighted by Crippen LogP contribution is -2.32. The summed E-state index contributed by atoms with van der Waals surface area (Å²) >= 11 is 5.89. The van der Waals surface area contributed by atoms with Crippen molar-refractivity contribution in [1.82, 2.24) is 9.55 Å². The summed E-state index contributed by atoms with van der Waals surface area (Å²) in [6, 6.07) is 3.53. The van der Waals surface area contributed by atoms with Gasteiger partial charge in [-0.25, -0.2) is 4.98 Å². The standard InChI is InChI=1S/C14H16ClF3N2O/c1-13(2,8-21-3)20-11-5-4-9(14(16,17)18)6-10(11)19-12(20)7-15/h4-6H,7-8H2,1-3H3. The Balaban J connectivity index is 2.66. The molecular formula is C14H16ClF3N2O. The number of nitrogens with zero attached hydrogens (tertiary/aromatic N) is 2. The van der Waals surface area contributed by atoms with Crippen molar-refractivity contribution in [1.29, 1.82) is 0 Å². The van der Waals surface area contributed by atoms with Crippen LogP contribution in [-0.4, -0.2) is 23.3 Å². The molecule has 0 amide bonds. The van der Waals surface area contributed by atoms with Gasteiger partial charge in [0.15, 0.2) is 0 Å². The Kier molecular flexibility index (Phi) is 4.22. The molecule has 0 bridgehead atoms. The van der Waals surface area contributed by atoms with Gasteiger partial charge >= 0.3 is 6.18 Å². The van der Waals surface area contributed by atoms with Crippen LogP contribution < -0.4 is 0 Å². The summed E-state index contributed by atoms with van der Waals surface area (Å²) in [5.74, 6) is 0.636. The molecule has 2 rings (SSSR count). The number of imidazole rings is 1. The molecule has 3 nitrogen and oxygen atoms in total. The Morgan fingerprint density at radius 2 is 1.95 bits per heavy atom. The normalized spacial score (nSPS) is 13.1. The third kappa shape index (κ3) is 3.01. The third-order valence-corrected chi connectivity index (χ3v) is 3.51. The zero-order valence-corrected chi connectivity index (χ0v) is 12.7. The molecule has 0 aliphatic heterocycles. The number of fused-ring (bicyclic) bond motifs is 1. The van der Waals surface area contributed by atoms with Crippen LogP contribution in [0, 0.1) is 0 Å². The molecule has 1 aromatic carbocycles. The summed E-state index contributed by atoms with van der Waals surface area (Å²) < 4.78 is 45.4. The van der Waals surface area contributed by atoms with Crippen molar-refractivity contribution in [2.45, 2.75) is 31.4 Å². The molecule has 0 unspecified atom stereocenters. The van der Waals surface area contributed by atoms with Gasteiger partial charge in [0.05, 0.1) is 34.6 Å². The molecule has 2 aromatic rings. The minimum atomic E-state index is -4.39. The van der Waals surface area contributed by atoms with Crippen molar-refractivity contribution in [2.75, 3.05) is 13.7 Å². The Morgan fingerprint density at radius 3 is 2.48 bits per heavy atom. The third-order valence-electron chi connectivity index (χ3n) is 3.27. The van der Waals surface area contributed by atoms with Crippen molar-refractivity contribution >= 4 is 22.6 Å². The maximum Gasteiger partial charge on any atom is 0.416 e. The minimum absolute atomic E-state index is 0.114. The van der Waals surface area contributed by atoms with Crippen LogP contribution in [0.5, 0.6) is 0 Å². The lowest BCUT2D eigenvalue weighted by atomic mass is 10.1. The molecule has 0 fully saturated rings. The van der Waals surface area contributed by atoms with Crippen LogP contribution >= 0.6 is 11.6 Å². The van der Waals surface area contributed by atoms with E-state index in [9.17, 15) is 13.2 Å². The first-order chi connectivity index (χ1) is 9.70. The van der Waals surface area contributed by atoms with Crippen LogP contribution in [0.3, 0.4) is 0 Å². The summed E-state index contributed by atoms with van der Waals surface area (Å²) in [5, 5.41) is 0. The average molecular weight is 321 g/mol. The molecule has 0 aliphatic rings. The van der Waals surface area contributed by atoms with Crippen molar-refractivity contribution in [2.24, 2.45) is 0 Å². The van der Waals surface area contributed by atoms with Gasteiger partial charge in [-0.15, -0.1) is 11.6 Å². The van der Waals surface area contributed by atoms with E-state index < -0.39 is 17.3 Å². The van der Waals surface area contributed by atoms with Gasteiger partial charge in [-0.1, -0.05) is 0 Å². The van der Waals surface area contributed by atoms with Crippen molar-refractivity contribution in [3.8, 4) is 0 Å². The molecule has 1 heterocycles. The van der Waals surface area contributed by atoms with Gasteiger partial charge in [0.1, 0.15) is 5.82 Å². The monoisotopic (exact) mass is 320 g/mol. The maximum absolute atomic E-state index is 12.8. The second-order valence-corrected chi connectivity index (χ2v) is 5.71. The number of halogens is 4. The number of methoxy groups -OCH3 is 1. The van der Waals surface area contributed by atoms with E-state index in [2.05, 4.69) is 4.98 Å². The molecule has 0 spiro atoms. The molecule has 0 saturated carbocycles. The van der Waals surface area contributed by atoms with Crippen molar-refractivity contribution in [3.05, 3.63) is 29.6 Å². The Bertz CT molecular complexity index is 649. The SMILES string of the molecule is COCC(C)(C)n1c(CCl)nc2cc(C(F)(F)F)ccc21. The lowest BCUT2D eigenvalue weighted by molar-refractivity contribution is -0.137. The van der Waals surface area contributed by atoms with Gasteiger partial charge < -0.3 is 9.30 Å². The van der Waals surface area contributed by atoms with E-state index in [1.54, 1.807) is 7.11 Å². The van der Waals surface area contributed by atoms with E-state index in [0.717, 1.165) is 12.1 Å². The number of hydrogen-bond acceptors (Lipinski definition) is 2. The second-order valence-electron chi connectivity index (χ2n) is 5.44. The highest BCUT2D eigenvalue weighted by Crippen LogP contribution is 2.33. The average Bonchev–Trinajstić information content (AvgIpc) is 2.75. The highest BCUT2D eigenvalue weighted by atomic mass is 35.5. The van der Waals surface area contributed by atoms with Gasteiger partial charge in [-0.05, 0) is 32.0 Å². The predicted octanol–water partition coefficient (Wildman–Crippen LogP) is 4.18. The van der Waals surface area contributed by atoms with Crippen molar-refractivity contribution < 1.29 is 17.9 Å². The Hall–Kier alpha value is -1.27. The van der Waals surface area contributed by atoms with E-state index in [1.807, 2.05) is 18.4 Å². The summed E-state index contributed by atoms with van der Waals surface area (Å²) in [7, 11) is 1.57. The first-order valence-electron chi connectivity index (χ1n) is 6.34. The molecule has 0 aliphatic carbocycles. The quantitative estimate of drug-likeness (QED) is 0.790. The Morgan fingerprint density at radius 1 is 1.29 bits per heavy atom. The first-order valence-corrected chi connectivity index (χ1v) is 6.88. The number of alkyl halides is 4. The van der Waals surface area contributed by atoms with Crippen LogP contribution in [-0.2, 0) is 22.3 Å². The molecule has 0 N–H and O–H groups in total. The topological polar surface area (TPSA) is 27.1 Å². The maximum atomic E-state index is 12.8. The number of ether oxygens (including phenoxy) is 1. The number of rotatable bonds is 4. The van der Waals surface area contributed by atoms with Gasteiger partial charge in [0.2, 0.25) is 0 Å². The fourth-order valence-corrected chi connectivity index (χ4v) is 2.67. The zero-order valence-electron chi connectivity index (χ0n) is 12.0. The fraction of sp³-hybridized carbons (Fsp3) is 0.500. The van der Waals surface area contributed by atoms with Gasteiger partial charge in [0.25, 0.3) is 0 Å². The molecule has 21 heavy (non-hydrogen) atoms. The van der Waals surface area contributed by atoms with Crippen molar-refractivity contribution in [3.63, 3.8) is 0 Å². The summed E-state index contributed by atoms with van der Waals surface area (Å²) in [6.45, 7) is 4.24. The molecule has 0 saturated heterocycles. The van der Waals surface area contributed by atoms with Gasteiger partial charge in [-0.2, -0.15) is 13.2 Å². The minimum Gasteiger partial charge on any atom is -0.382 e. The van der Waals surface area contributed by atoms with Crippen LogP contribution in [0.4, 0.5) is 13.2 Å². The smallest absolute Gasteiger partial charge is 0.382 e. The molecule has 1 aromatic heterocycles. The van der Waals surface area contributed by atoms with E-state index in [1.165, 1.54) is 6.07 Å². The molecule has 116 valence electrons.